The minimum Gasteiger partial charge on any atom is -0.454 e. The minimum atomic E-state index is -0.628. The van der Waals surface area contributed by atoms with E-state index in [0.29, 0.717) is 19.6 Å². The summed E-state index contributed by atoms with van der Waals surface area (Å²) in [7, 11) is 0. The van der Waals surface area contributed by atoms with E-state index in [1.807, 2.05) is 50.2 Å². The van der Waals surface area contributed by atoms with Crippen LogP contribution in [-0.2, 0) is 17.8 Å². The van der Waals surface area contributed by atoms with E-state index >= 15 is 0 Å². The molecule has 1 aromatic heterocycles. The zero-order chi connectivity index (χ0) is 24.9. The number of anilines is 1. The molecule has 36 heavy (non-hydrogen) atoms. The largest absolute Gasteiger partial charge is 0.454 e. The van der Waals surface area contributed by atoms with Gasteiger partial charge in [0.05, 0.1) is 24.4 Å². The third-order valence-electron chi connectivity index (χ3n) is 6.52. The van der Waals surface area contributed by atoms with Gasteiger partial charge in [-0.1, -0.05) is 41.6 Å². The minimum absolute atomic E-state index is 0.0616. The van der Waals surface area contributed by atoms with Crippen molar-refractivity contribution in [2.45, 2.75) is 52.0 Å². The number of hydrogen-bond acceptors (Lipinski definition) is 8. The second-order valence-corrected chi connectivity index (χ2v) is 9.77. The van der Waals surface area contributed by atoms with Crippen LogP contribution in [0.15, 0.2) is 53.1 Å². The van der Waals surface area contributed by atoms with Crippen molar-refractivity contribution in [3.63, 3.8) is 0 Å². The van der Waals surface area contributed by atoms with E-state index in [0.717, 1.165) is 65.7 Å². The average molecular weight is 494 g/mol. The number of rotatable bonds is 11. The highest BCUT2D eigenvalue weighted by Gasteiger charge is 2.27. The van der Waals surface area contributed by atoms with E-state index in [2.05, 4.69) is 27.1 Å². The molecule has 8 nitrogen and oxygen atoms in total. The number of fused-ring (bicyclic) bond motifs is 1. The van der Waals surface area contributed by atoms with Crippen LogP contribution in [0.3, 0.4) is 0 Å². The standard InChI is InChI=1S/C28H35N3O5/c1-20(2)33-18-23(32)16-30(15-21-10-11-25-26(14-21)35-19-34-25)17-24-27(22-8-4-3-5-9-22)29-36-28(24)31-12-6-7-13-31/h3-5,8-11,14,20,23,32H,6-7,12-13,15-19H2,1-2H3/t23-/m1/s1. The van der Waals surface area contributed by atoms with Crippen molar-refractivity contribution >= 4 is 5.88 Å². The fourth-order valence-corrected chi connectivity index (χ4v) is 4.80. The zero-order valence-corrected chi connectivity index (χ0v) is 21.1. The van der Waals surface area contributed by atoms with Gasteiger partial charge >= 0.3 is 0 Å². The third-order valence-corrected chi connectivity index (χ3v) is 6.52. The van der Waals surface area contributed by atoms with Gasteiger partial charge in [-0.25, -0.2) is 0 Å². The van der Waals surface area contributed by atoms with Gasteiger partial charge in [-0.05, 0) is 44.4 Å². The fourth-order valence-electron chi connectivity index (χ4n) is 4.80. The van der Waals surface area contributed by atoms with Gasteiger partial charge in [-0.3, -0.25) is 4.90 Å². The molecule has 5 rings (SSSR count). The fraction of sp³-hybridized carbons (Fsp3) is 0.464. The number of benzene rings is 2. The molecular formula is C28H35N3O5. The first-order valence-electron chi connectivity index (χ1n) is 12.8. The lowest BCUT2D eigenvalue weighted by atomic mass is 10.1. The van der Waals surface area contributed by atoms with Crippen LogP contribution in [0.25, 0.3) is 11.3 Å². The molecule has 0 bridgehead atoms. The van der Waals surface area contributed by atoms with Crippen molar-refractivity contribution in [3.05, 3.63) is 59.7 Å². The summed E-state index contributed by atoms with van der Waals surface area (Å²) in [6, 6.07) is 16.1. The zero-order valence-electron chi connectivity index (χ0n) is 21.1. The molecule has 3 heterocycles. The Bertz CT molecular complexity index is 1130. The first-order chi connectivity index (χ1) is 17.6. The summed E-state index contributed by atoms with van der Waals surface area (Å²) < 4.78 is 22.7. The Balaban J connectivity index is 1.44. The van der Waals surface area contributed by atoms with Gasteiger partial charge in [-0.15, -0.1) is 0 Å². The predicted molar refractivity (Wildman–Crippen MR) is 137 cm³/mol. The van der Waals surface area contributed by atoms with Crippen LogP contribution in [0.5, 0.6) is 11.5 Å². The molecule has 2 aliphatic rings. The van der Waals surface area contributed by atoms with E-state index < -0.39 is 6.10 Å². The number of ether oxygens (including phenoxy) is 3. The normalized spacial score (nSPS) is 15.9. The van der Waals surface area contributed by atoms with Crippen LogP contribution < -0.4 is 14.4 Å². The number of hydrogen-bond donors (Lipinski definition) is 1. The molecule has 1 atom stereocenters. The molecule has 0 aliphatic carbocycles. The molecule has 2 aromatic carbocycles. The number of aliphatic hydroxyl groups excluding tert-OH is 1. The molecule has 3 aromatic rings. The van der Waals surface area contributed by atoms with E-state index in [4.69, 9.17) is 18.7 Å². The van der Waals surface area contributed by atoms with Crippen molar-refractivity contribution in [1.29, 1.82) is 0 Å². The van der Waals surface area contributed by atoms with Crippen molar-refractivity contribution in [1.82, 2.24) is 10.1 Å². The van der Waals surface area contributed by atoms with E-state index in [1.165, 1.54) is 0 Å². The van der Waals surface area contributed by atoms with Crippen LogP contribution in [0.2, 0.25) is 0 Å². The van der Waals surface area contributed by atoms with Crippen molar-refractivity contribution in [3.8, 4) is 22.8 Å². The Hall–Kier alpha value is -3.07. The lowest BCUT2D eigenvalue weighted by molar-refractivity contribution is -0.0106. The topological polar surface area (TPSA) is 80.4 Å². The molecule has 0 unspecified atom stereocenters. The van der Waals surface area contributed by atoms with E-state index in [1.54, 1.807) is 0 Å². The van der Waals surface area contributed by atoms with Gasteiger partial charge in [0, 0.05) is 38.3 Å². The molecule has 1 saturated heterocycles. The summed E-state index contributed by atoms with van der Waals surface area (Å²) in [5.74, 6) is 2.34. The maximum Gasteiger partial charge on any atom is 0.232 e. The monoisotopic (exact) mass is 493 g/mol. The SMILES string of the molecule is CC(C)OC[C@H](O)CN(Cc1ccc2c(c1)OCO2)Cc1c(-c2ccccc2)noc1N1CCCC1. The maximum absolute atomic E-state index is 10.8. The Morgan fingerprint density at radius 2 is 1.81 bits per heavy atom. The molecule has 192 valence electrons. The first kappa shape index (κ1) is 24.6. The molecule has 1 N–H and O–H groups in total. The molecule has 0 radical (unpaired) electrons. The Morgan fingerprint density at radius 1 is 1.03 bits per heavy atom. The molecule has 0 amide bonds. The second-order valence-electron chi connectivity index (χ2n) is 9.77. The van der Waals surface area contributed by atoms with Crippen LogP contribution in [-0.4, -0.2) is 60.4 Å². The lowest BCUT2D eigenvalue weighted by Crippen LogP contribution is -2.35. The van der Waals surface area contributed by atoms with E-state index in [-0.39, 0.29) is 19.5 Å². The maximum atomic E-state index is 10.8. The number of nitrogens with zero attached hydrogens (tertiary/aromatic N) is 3. The predicted octanol–water partition coefficient (Wildman–Crippen LogP) is 4.46. The van der Waals surface area contributed by atoms with E-state index in [9.17, 15) is 5.11 Å². The van der Waals surface area contributed by atoms with Crippen molar-refractivity contribution < 1.29 is 23.8 Å². The molecule has 0 spiro atoms. The van der Waals surface area contributed by atoms with Crippen LogP contribution >= 0.6 is 0 Å². The summed E-state index contributed by atoms with van der Waals surface area (Å²) in [5.41, 5.74) is 3.99. The van der Waals surface area contributed by atoms with Crippen molar-refractivity contribution in [2.24, 2.45) is 0 Å². The average Bonchev–Trinajstić information content (AvgIpc) is 3.64. The molecule has 8 heteroatoms. The molecule has 2 aliphatic heterocycles. The second kappa shape index (κ2) is 11.3. The molecule has 1 fully saturated rings. The summed E-state index contributed by atoms with van der Waals surface area (Å²) in [6.45, 7) is 8.04. The smallest absolute Gasteiger partial charge is 0.232 e. The summed E-state index contributed by atoms with van der Waals surface area (Å²) in [5, 5.41) is 15.3. The highest BCUT2D eigenvalue weighted by atomic mass is 16.7. The lowest BCUT2D eigenvalue weighted by Gasteiger charge is -2.27. The first-order valence-corrected chi connectivity index (χ1v) is 12.8. The molecule has 0 saturated carbocycles. The van der Waals surface area contributed by atoms with Gasteiger partial charge < -0.3 is 28.7 Å². The third kappa shape index (κ3) is 5.83. The Morgan fingerprint density at radius 3 is 2.58 bits per heavy atom. The van der Waals surface area contributed by atoms with Crippen LogP contribution in [0.4, 0.5) is 5.88 Å². The van der Waals surface area contributed by atoms with Gasteiger partial charge in [-0.2, -0.15) is 0 Å². The van der Waals surface area contributed by atoms with Crippen molar-refractivity contribution in [2.75, 3.05) is 37.9 Å². The number of aromatic nitrogens is 1. The van der Waals surface area contributed by atoms with Gasteiger partial charge in [0.2, 0.25) is 12.7 Å². The quantitative estimate of drug-likeness (QED) is 0.419. The van der Waals surface area contributed by atoms with Gasteiger partial charge in [0.15, 0.2) is 11.5 Å². The Kier molecular flexibility index (Phi) is 7.75. The van der Waals surface area contributed by atoms with Crippen LogP contribution in [0.1, 0.15) is 37.8 Å². The molecular weight excluding hydrogens is 458 g/mol. The van der Waals surface area contributed by atoms with Crippen LogP contribution in [0, 0.1) is 0 Å². The number of aliphatic hydroxyl groups is 1. The summed E-state index contributed by atoms with van der Waals surface area (Å²) in [4.78, 5) is 4.51. The summed E-state index contributed by atoms with van der Waals surface area (Å²) in [6.07, 6.45) is 1.73. The summed E-state index contributed by atoms with van der Waals surface area (Å²) >= 11 is 0. The Labute approximate surface area is 212 Å². The van der Waals surface area contributed by atoms with Gasteiger partial charge in [0.25, 0.3) is 0 Å². The van der Waals surface area contributed by atoms with Gasteiger partial charge in [0.1, 0.15) is 5.69 Å². The highest BCUT2D eigenvalue weighted by Crippen LogP contribution is 2.36. The highest BCUT2D eigenvalue weighted by molar-refractivity contribution is 5.68.